The van der Waals surface area contributed by atoms with E-state index in [0.29, 0.717) is 54.6 Å². The Balaban J connectivity index is 1.40. The number of aliphatic imine (C=N–C) groups is 1. The molecule has 0 radical (unpaired) electrons. The largest absolute Gasteiger partial charge is 0.493 e. The first-order chi connectivity index (χ1) is 20.0. The number of hydrogen-bond acceptors (Lipinski definition) is 9. The summed E-state index contributed by atoms with van der Waals surface area (Å²) in [5, 5.41) is 0. The smallest absolute Gasteiger partial charge is 0.343 e. The Kier molecular flexibility index (Phi) is 12.4. The molecule has 0 unspecified atom stereocenters. The Hall–Kier alpha value is -5.18. The van der Waals surface area contributed by atoms with Gasteiger partial charge in [-0.2, -0.15) is 0 Å². The zero-order chi connectivity index (χ0) is 29.3. The molecule has 0 fully saturated rings. The molecule has 3 rings (SSSR count). The SMILES string of the molecule is C=CC(=O)OCCCOc1ccc(C=Nc2ccc(OC(=O)c3ccc(OCCCOC(=O)C=C)cc3)cc2)cc1. The topological polar surface area (TPSA) is 110 Å². The molecule has 0 heterocycles. The summed E-state index contributed by atoms with van der Waals surface area (Å²) in [5.74, 6) is 0.272. The standard InChI is InChI=1S/C32H31NO8/c1-3-30(34)39-21-5-19-37-27-13-7-24(8-14-27)23-33-26-11-17-29(18-12-26)41-32(36)25-9-15-28(16-10-25)38-20-6-22-40-31(35)4-2/h3-4,7-18,23H,1-2,5-6,19-22H2. The summed E-state index contributed by atoms with van der Waals surface area (Å²) in [6.45, 7) is 7.97. The predicted octanol–water partition coefficient (Wildman–Crippen LogP) is 5.65. The molecule has 212 valence electrons. The van der Waals surface area contributed by atoms with Crippen LogP contribution in [0.15, 0.2) is 103 Å². The third-order valence-electron chi connectivity index (χ3n) is 5.32. The van der Waals surface area contributed by atoms with Crippen LogP contribution in [0.1, 0.15) is 28.8 Å². The van der Waals surface area contributed by atoms with Crippen LogP contribution in [0.2, 0.25) is 0 Å². The van der Waals surface area contributed by atoms with E-state index in [1.165, 1.54) is 0 Å². The van der Waals surface area contributed by atoms with Crippen LogP contribution in [0.5, 0.6) is 17.2 Å². The fraction of sp³-hybridized carbons (Fsp3) is 0.188. The van der Waals surface area contributed by atoms with E-state index in [2.05, 4.69) is 18.2 Å². The minimum absolute atomic E-state index is 0.238. The molecule has 41 heavy (non-hydrogen) atoms. The van der Waals surface area contributed by atoms with Crippen molar-refractivity contribution in [1.29, 1.82) is 0 Å². The molecule has 0 aromatic heterocycles. The van der Waals surface area contributed by atoms with Crippen LogP contribution >= 0.6 is 0 Å². The summed E-state index contributed by atoms with van der Waals surface area (Å²) in [7, 11) is 0. The highest BCUT2D eigenvalue weighted by molar-refractivity contribution is 5.91. The lowest BCUT2D eigenvalue weighted by Gasteiger charge is -2.08. The molecule has 0 saturated carbocycles. The molecule has 0 saturated heterocycles. The van der Waals surface area contributed by atoms with Gasteiger partial charge in [0, 0.05) is 31.2 Å². The number of carbonyl (C=O) groups excluding carboxylic acids is 3. The molecule has 3 aromatic rings. The number of benzene rings is 3. The summed E-state index contributed by atoms with van der Waals surface area (Å²) in [5.41, 5.74) is 1.96. The molecule has 0 N–H and O–H groups in total. The summed E-state index contributed by atoms with van der Waals surface area (Å²) in [6.07, 6.45) is 5.07. The van der Waals surface area contributed by atoms with E-state index in [4.69, 9.17) is 23.7 Å². The van der Waals surface area contributed by atoms with Crippen molar-refractivity contribution < 1.29 is 38.1 Å². The quantitative estimate of drug-likeness (QED) is 0.0730. The van der Waals surface area contributed by atoms with Crippen molar-refractivity contribution in [3.8, 4) is 17.2 Å². The molecular formula is C32H31NO8. The Morgan fingerprint density at radius 3 is 1.63 bits per heavy atom. The number of nitrogens with zero attached hydrogens (tertiary/aromatic N) is 1. The molecule has 9 nitrogen and oxygen atoms in total. The molecule has 0 aliphatic heterocycles. The average Bonchev–Trinajstić information content (AvgIpc) is 3.01. The lowest BCUT2D eigenvalue weighted by atomic mass is 10.2. The number of hydrogen-bond donors (Lipinski definition) is 0. The molecule has 0 aliphatic carbocycles. The third kappa shape index (κ3) is 11.2. The van der Waals surface area contributed by atoms with Crippen molar-refractivity contribution in [2.45, 2.75) is 12.8 Å². The molecule has 9 heteroatoms. The maximum atomic E-state index is 12.5. The lowest BCUT2D eigenvalue weighted by Crippen LogP contribution is -2.09. The Labute approximate surface area is 238 Å². The zero-order valence-electron chi connectivity index (χ0n) is 22.5. The van der Waals surface area contributed by atoms with E-state index in [9.17, 15) is 14.4 Å². The van der Waals surface area contributed by atoms with Crippen molar-refractivity contribution in [3.05, 3.63) is 109 Å². The van der Waals surface area contributed by atoms with Crippen LogP contribution in [-0.4, -0.2) is 50.6 Å². The molecule has 0 amide bonds. The highest BCUT2D eigenvalue weighted by Crippen LogP contribution is 2.20. The second-order valence-electron chi connectivity index (χ2n) is 8.38. The van der Waals surface area contributed by atoms with Gasteiger partial charge in [0.05, 0.1) is 37.7 Å². The van der Waals surface area contributed by atoms with E-state index >= 15 is 0 Å². The van der Waals surface area contributed by atoms with Gasteiger partial charge in [0.2, 0.25) is 0 Å². The molecule has 0 aliphatic rings. The second-order valence-corrected chi connectivity index (χ2v) is 8.38. The average molecular weight is 558 g/mol. The van der Waals surface area contributed by atoms with E-state index in [0.717, 1.165) is 17.7 Å². The zero-order valence-corrected chi connectivity index (χ0v) is 22.5. The summed E-state index contributed by atoms with van der Waals surface area (Å²) >= 11 is 0. The molecular weight excluding hydrogens is 526 g/mol. The van der Waals surface area contributed by atoms with E-state index < -0.39 is 17.9 Å². The molecule has 0 bridgehead atoms. The van der Waals surface area contributed by atoms with Gasteiger partial charge in [0.25, 0.3) is 0 Å². The lowest BCUT2D eigenvalue weighted by molar-refractivity contribution is -0.138. The van der Waals surface area contributed by atoms with Gasteiger partial charge in [-0.1, -0.05) is 13.2 Å². The summed E-state index contributed by atoms with van der Waals surface area (Å²) in [6, 6.07) is 20.8. The van der Waals surface area contributed by atoms with Gasteiger partial charge in [-0.25, -0.2) is 14.4 Å². The predicted molar refractivity (Wildman–Crippen MR) is 154 cm³/mol. The van der Waals surface area contributed by atoms with Gasteiger partial charge in [0.1, 0.15) is 17.2 Å². The second kappa shape index (κ2) is 16.7. The van der Waals surface area contributed by atoms with E-state index in [1.54, 1.807) is 54.7 Å². The Morgan fingerprint density at radius 1 is 0.634 bits per heavy atom. The molecule has 3 aromatic carbocycles. The maximum absolute atomic E-state index is 12.5. The van der Waals surface area contributed by atoms with Crippen molar-refractivity contribution in [2.75, 3.05) is 26.4 Å². The minimum Gasteiger partial charge on any atom is -0.493 e. The van der Waals surface area contributed by atoms with Crippen LogP contribution in [0.4, 0.5) is 5.69 Å². The fourth-order valence-corrected chi connectivity index (χ4v) is 3.21. The van der Waals surface area contributed by atoms with Gasteiger partial charge in [-0.15, -0.1) is 0 Å². The Bertz CT molecular complexity index is 1330. The van der Waals surface area contributed by atoms with Crippen molar-refractivity contribution in [1.82, 2.24) is 0 Å². The first kappa shape index (κ1) is 30.4. The maximum Gasteiger partial charge on any atom is 0.343 e. The van der Waals surface area contributed by atoms with Gasteiger partial charge in [0.15, 0.2) is 0 Å². The number of rotatable bonds is 16. The van der Waals surface area contributed by atoms with Gasteiger partial charge in [-0.05, 0) is 78.4 Å². The Morgan fingerprint density at radius 2 is 1.12 bits per heavy atom. The first-order valence-electron chi connectivity index (χ1n) is 12.9. The van der Waals surface area contributed by atoms with Gasteiger partial charge in [-0.3, -0.25) is 4.99 Å². The van der Waals surface area contributed by atoms with Gasteiger partial charge < -0.3 is 23.7 Å². The monoisotopic (exact) mass is 557 g/mol. The number of carbonyl (C=O) groups is 3. The van der Waals surface area contributed by atoms with Crippen molar-refractivity contribution in [2.24, 2.45) is 4.99 Å². The molecule has 0 atom stereocenters. The summed E-state index contributed by atoms with van der Waals surface area (Å²) in [4.78, 5) is 38.9. The normalized spacial score (nSPS) is 10.4. The van der Waals surface area contributed by atoms with Crippen LogP contribution in [-0.2, 0) is 19.1 Å². The highest BCUT2D eigenvalue weighted by Gasteiger charge is 2.09. The van der Waals surface area contributed by atoms with Gasteiger partial charge >= 0.3 is 17.9 Å². The fourth-order valence-electron chi connectivity index (χ4n) is 3.21. The van der Waals surface area contributed by atoms with Crippen LogP contribution in [0.3, 0.4) is 0 Å². The first-order valence-corrected chi connectivity index (χ1v) is 12.9. The van der Waals surface area contributed by atoms with Crippen molar-refractivity contribution in [3.63, 3.8) is 0 Å². The van der Waals surface area contributed by atoms with E-state index in [-0.39, 0.29) is 13.2 Å². The number of ether oxygens (including phenoxy) is 5. The van der Waals surface area contributed by atoms with E-state index in [1.807, 2.05) is 24.3 Å². The number of esters is 3. The third-order valence-corrected chi connectivity index (χ3v) is 5.32. The van der Waals surface area contributed by atoms with Crippen LogP contribution in [0.25, 0.3) is 0 Å². The highest BCUT2D eigenvalue weighted by atomic mass is 16.5. The minimum atomic E-state index is -0.496. The van der Waals surface area contributed by atoms with Crippen molar-refractivity contribution >= 4 is 29.8 Å². The van der Waals surface area contributed by atoms with Crippen LogP contribution in [0, 0.1) is 0 Å². The molecule has 0 spiro atoms. The summed E-state index contributed by atoms with van der Waals surface area (Å²) < 4.78 is 26.4. The van der Waals surface area contributed by atoms with Crippen LogP contribution < -0.4 is 14.2 Å².